The summed E-state index contributed by atoms with van der Waals surface area (Å²) in [4.78, 5) is 14.7. The summed E-state index contributed by atoms with van der Waals surface area (Å²) in [6.45, 7) is 1.61. The van der Waals surface area contributed by atoms with Gasteiger partial charge in [-0.3, -0.25) is 9.36 Å². The molecule has 1 fully saturated rings. The van der Waals surface area contributed by atoms with Crippen molar-refractivity contribution in [2.75, 3.05) is 23.8 Å². The van der Waals surface area contributed by atoms with Crippen molar-refractivity contribution in [3.05, 3.63) is 60.4 Å². The largest absolute Gasteiger partial charge is 0.376 e. The molecule has 3 aromatic rings. The fourth-order valence-corrected chi connectivity index (χ4v) is 4.56. The molecule has 2 aromatic carbocycles. The molecule has 0 bridgehead atoms. The number of aromatic nitrogens is 3. The number of ether oxygens (including phenoxy) is 1. The van der Waals surface area contributed by atoms with Gasteiger partial charge in [0.2, 0.25) is 5.91 Å². The van der Waals surface area contributed by atoms with E-state index in [-0.39, 0.29) is 30.0 Å². The van der Waals surface area contributed by atoms with Gasteiger partial charge in [0.05, 0.1) is 30.9 Å². The van der Waals surface area contributed by atoms with E-state index in [4.69, 9.17) is 10.00 Å². The van der Waals surface area contributed by atoms with Crippen LogP contribution in [0.1, 0.15) is 19.3 Å². The van der Waals surface area contributed by atoms with Crippen LogP contribution in [0, 0.1) is 17.1 Å². The fraction of sp³-hybridized carbons (Fsp3) is 0.333. The molecule has 1 unspecified atom stereocenters. The van der Waals surface area contributed by atoms with Crippen LogP contribution in [0.15, 0.2) is 59.8 Å². The lowest BCUT2D eigenvalue weighted by Crippen LogP contribution is -2.33. The lowest BCUT2D eigenvalue weighted by atomic mass is 10.2. The number of hydrogen-bond acceptors (Lipinski definition) is 6. The number of halogens is 1. The molecule has 1 aliphatic heterocycles. The van der Waals surface area contributed by atoms with Gasteiger partial charge < -0.3 is 9.64 Å². The molecular weight excluding hydrogens is 441 g/mol. The van der Waals surface area contributed by atoms with Crippen molar-refractivity contribution in [3.8, 4) is 17.5 Å². The van der Waals surface area contributed by atoms with Gasteiger partial charge in [-0.2, -0.15) is 5.26 Å². The molecule has 170 valence electrons. The Hall–Kier alpha value is -3.22. The summed E-state index contributed by atoms with van der Waals surface area (Å²) in [6, 6.07) is 17.5. The van der Waals surface area contributed by atoms with Crippen LogP contribution in [0.2, 0.25) is 0 Å². The van der Waals surface area contributed by atoms with E-state index in [1.807, 2.05) is 34.9 Å². The predicted octanol–water partition coefficient (Wildman–Crippen LogP) is 4.30. The summed E-state index contributed by atoms with van der Waals surface area (Å²) >= 11 is 1.30. The molecule has 2 heterocycles. The van der Waals surface area contributed by atoms with Crippen molar-refractivity contribution >= 4 is 23.4 Å². The number of amides is 1. The van der Waals surface area contributed by atoms with E-state index in [0.29, 0.717) is 24.1 Å². The quantitative estimate of drug-likeness (QED) is 0.438. The van der Waals surface area contributed by atoms with Crippen LogP contribution in [-0.2, 0) is 16.1 Å². The molecule has 1 aliphatic rings. The lowest BCUT2D eigenvalue weighted by Gasteiger charge is -2.21. The third-order valence-corrected chi connectivity index (χ3v) is 6.32. The second kappa shape index (κ2) is 11.1. The number of nitriles is 1. The van der Waals surface area contributed by atoms with Crippen LogP contribution in [0.4, 0.5) is 10.1 Å². The third kappa shape index (κ3) is 5.78. The number of rotatable bonds is 9. The minimum atomic E-state index is -0.317. The average molecular weight is 466 g/mol. The minimum Gasteiger partial charge on any atom is -0.376 e. The van der Waals surface area contributed by atoms with Crippen molar-refractivity contribution in [1.29, 1.82) is 5.26 Å². The zero-order valence-corrected chi connectivity index (χ0v) is 18.9. The molecule has 0 radical (unpaired) electrons. The Balaban J connectivity index is 1.54. The van der Waals surface area contributed by atoms with Crippen molar-refractivity contribution < 1.29 is 13.9 Å². The summed E-state index contributed by atoms with van der Waals surface area (Å²) in [6.07, 6.45) is 2.24. The molecule has 1 amide bonds. The van der Waals surface area contributed by atoms with Gasteiger partial charge >= 0.3 is 0 Å². The lowest BCUT2D eigenvalue weighted by molar-refractivity contribution is -0.116. The maximum Gasteiger partial charge on any atom is 0.237 e. The van der Waals surface area contributed by atoms with Gasteiger partial charge in [0.25, 0.3) is 0 Å². The molecule has 0 spiro atoms. The molecule has 4 rings (SSSR count). The summed E-state index contributed by atoms with van der Waals surface area (Å²) in [5.41, 5.74) is 1.51. The Bertz CT molecular complexity index is 1110. The first-order valence-electron chi connectivity index (χ1n) is 10.8. The van der Waals surface area contributed by atoms with E-state index in [0.717, 1.165) is 30.7 Å². The van der Waals surface area contributed by atoms with Crippen molar-refractivity contribution in [2.24, 2.45) is 0 Å². The first-order chi connectivity index (χ1) is 16.2. The first-order valence-corrected chi connectivity index (χ1v) is 11.8. The molecule has 1 saturated heterocycles. The minimum absolute atomic E-state index is 0.0479. The van der Waals surface area contributed by atoms with Crippen LogP contribution in [0.25, 0.3) is 11.4 Å². The van der Waals surface area contributed by atoms with Gasteiger partial charge in [0.1, 0.15) is 5.82 Å². The predicted molar refractivity (Wildman–Crippen MR) is 124 cm³/mol. The Morgan fingerprint density at radius 1 is 1.21 bits per heavy atom. The van der Waals surface area contributed by atoms with Gasteiger partial charge in [-0.05, 0) is 49.2 Å². The highest BCUT2D eigenvalue weighted by molar-refractivity contribution is 7.99. The van der Waals surface area contributed by atoms with E-state index in [1.54, 1.807) is 17.0 Å². The summed E-state index contributed by atoms with van der Waals surface area (Å²) in [5, 5.41) is 18.3. The maximum absolute atomic E-state index is 13.4. The molecule has 9 heteroatoms. The van der Waals surface area contributed by atoms with Crippen LogP contribution in [0.3, 0.4) is 0 Å². The Morgan fingerprint density at radius 2 is 2.00 bits per heavy atom. The molecule has 0 aliphatic carbocycles. The number of benzene rings is 2. The zero-order valence-electron chi connectivity index (χ0n) is 18.1. The number of para-hydroxylation sites is 1. The number of hydrogen-bond donors (Lipinski definition) is 0. The van der Waals surface area contributed by atoms with E-state index >= 15 is 0 Å². The zero-order chi connectivity index (χ0) is 23.0. The van der Waals surface area contributed by atoms with Crippen LogP contribution in [-0.4, -0.2) is 45.7 Å². The van der Waals surface area contributed by atoms with Crippen LogP contribution < -0.4 is 4.90 Å². The molecule has 0 saturated carbocycles. The normalized spacial score (nSPS) is 15.3. The topological polar surface area (TPSA) is 84.0 Å². The second-order valence-corrected chi connectivity index (χ2v) is 8.58. The van der Waals surface area contributed by atoms with Gasteiger partial charge in [0, 0.05) is 24.4 Å². The highest BCUT2D eigenvalue weighted by atomic mass is 32.2. The van der Waals surface area contributed by atoms with Crippen molar-refractivity contribution in [2.45, 2.75) is 37.1 Å². The van der Waals surface area contributed by atoms with Crippen LogP contribution >= 0.6 is 11.8 Å². The average Bonchev–Trinajstić information content (AvgIpc) is 3.50. The van der Waals surface area contributed by atoms with Gasteiger partial charge in [-0.25, -0.2) is 4.39 Å². The Labute approximate surface area is 196 Å². The third-order valence-electron chi connectivity index (χ3n) is 5.37. The van der Waals surface area contributed by atoms with E-state index in [9.17, 15) is 9.18 Å². The molecular formula is C24H24FN5O2S. The molecule has 7 nitrogen and oxygen atoms in total. The highest BCUT2D eigenvalue weighted by Gasteiger charge is 2.23. The summed E-state index contributed by atoms with van der Waals surface area (Å²) in [7, 11) is 0. The summed E-state index contributed by atoms with van der Waals surface area (Å²) < 4.78 is 21.2. The monoisotopic (exact) mass is 465 g/mol. The molecule has 1 atom stereocenters. The summed E-state index contributed by atoms with van der Waals surface area (Å²) in [5.74, 6) is 0.330. The van der Waals surface area contributed by atoms with Gasteiger partial charge in [-0.1, -0.05) is 30.0 Å². The molecule has 1 aromatic heterocycles. The standard InChI is InChI=1S/C24H24FN5O2S/c25-19-11-9-18(10-12-19)23-27-28-24(30(23)16-21-8-4-15-32-21)33-17-22(31)29(14-5-13-26)20-6-2-1-3-7-20/h1-3,6-7,9-12,21H,4-5,8,14-17H2. The van der Waals surface area contributed by atoms with E-state index < -0.39 is 0 Å². The maximum atomic E-state index is 13.4. The second-order valence-electron chi connectivity index (χ2n) is 7.64. The SMILES string of the molecule is N#CCCN(C(=O)CSc1nnc(-c2ccc(F)cc2)n1CC1CCCO1)c1ccccc1. The number of carbonyl (C=O) groups is 1. The van der Waals surface area contributed by atoms with E-state index in [2.05, 4.69) is 16.3 Å². The number of nitrogens with zero attached hydrogens (tertiary/aromatic N) is 5. The molecule has 0 N–H and O–H groups in total. The molecule has 33 heavy (non-hydrogen) atoms. The smallest absolute Gasteiger partial charge is 0.237 e. The van der Waals surface area contributed by atoms with E-state index in [1.165, 1.54) is 23.9 Å². The number of thioether (sulfide) groups is 1. The number of anilines is 1. The van der Waals surface area contributed by atoms with Gasteiger partial charge in [-0.15, -0.1) is 10.2 Å². The fourth-order valence-electron chi connectivity index (χ4n) is 3.74. The van der Waals surface area contributed by atoms with Crippen LogP contribution in [0.5, 0.6) is 0 Å². The van der Waals surface area contributed by atoms with Crippen molar-refractivity contribution in [1.82, 2.24) is 14.8 Å². The van der Waals surface area contributed by atoms with Crippen molar-refractivity contribution in [3.63, 3.8) is 0 Å². The Morgan fingerprint density at radius 3 is 2.70 bits per heavy atom. The highest BCUT2D eigenvalue weighted by Crippen LogP contribution is 2.27. The first kappa shape index (κ1) is 23.0. The Kier molecular flexibility index (Phi) is 7.70. The van der Waals surface area contributed by atoms with Gasteiger partial charge in [0.15, 0.2) is 11.0 Å². The number of carbonyl (C=O) groups excluding carboxylic acids is 1.